The van der Waals surface area contributed by atoms with Crippen molar-refractivity contribution in [3.63, 3.8) is 0 Å². The molecule has 0 aromatic heterocycles. The summed E-state index contributed by atoms with van der Waals surface area (Å²) in [4.78, 5) is 19.7. The minimum absolute atomic E-state index is 0.149. The van der Waals surface area contributed by atoms with Crippen LogP contribution < -0.4 is 16.4 Å². The second kappa shape index (κ2) is 28.0. The van der Waals surface area contributed by atoms with Crippen LogP contribution in [0.4, 0.5) is 0 Å². The van der Waals surface area contributed by atoms with Crippen LogP contribution in [0.15, 0.2) is 12.3 Å². The van der Waals surface area contributed by atoms with Gasteiger partial charge in [-0.05, 0) is 124 Å². The lowest BCUT2D eigenvalue weighted by Gasteiger charge is -2.57. The Morgan fingerprint density at radius 1 is 0.618 bits per heavy atom. The zero-order valence-corrected chi connectivity index (χ0v) is 48.0. The van der Waals surface area contributed by atoms with Crippen molar-refractivity contribution < 1.29 is 4.21 Å². The van der Waals surface area contributed by atoms with Crippen LogP contribution in [0, 0.1) is 40.9 Å². The number of rotatable bonds is 9. The first-order valence-electron chi connectivity index (χ1n) is 27.6. The van der Waals surface area contributed by atoms with Gasteiger partial charge < -0.3 is 50.7 Å². The third kappa shape index (κ3) is 18.9. The average molecular weight is 978 g/mol. The molecule has 0 radical (unpaired) electrons. The van der Waals surface area contributed by atoms with Crippen molar-refractivity contribution in [3.8, 4) is 0 Å². The normalized spacial score (nSPS) is 30.1. The van der Waals surface area contributed by atoms with Crippen LogP contribution in [0.1, 0.15) is 89.5 Å². The van der Waals surface area contributed by atoms with Gasteiger partial charge in [0.1, 0.15) is 0 Å². The fourth-order valence-corrected chi connectivity index (χ4v) is 12.3. The topological polar surface area (TPSA) is 96.3 Å². The van der Waals surface area contributed by atoms with Crippen LogP contribution in [0.3, 0.4) is 0 Å². The Morgan fingerprint density at radius 2 is 1.04 bits per heavy atom. The predicted molar refractivity (Wildman–Crippen MR) is 296 cm³/mol. The summed E-state index contributed by atoms with van der Waals surface area (Å²) in [6, 6.07) is 2.77. The van der Waals surface area contributed by atoms with Crippen LogP contribution in [0.5, 0.6) is 0 Å². The van der Waals surface area contributed by atoms with Gasteiger partial charge in [-0.2, -0.15) is 0 Å². The average Bonchev–Trinajstić information content (AvgIpc) is 3.60. The minimum atomic E-state index is -2.02. The number of nitrogens with two attached hydrogens (primary N) is 1. The number of nitrogens with zero attached hydrogens (tertiary/aromatic N) is 9. The number of piperazine rings is 3. The fraction of sp³-hybridized carbons (Fsp3) is 0.944. The maximum absolute atomic E-state index is 12.1. The second-order valence-electron chi connectivity index (χ2n) is 24.6. The van der Waals surface area contributed by atoms with E-state index in [1.807, 2.05) is 18.2 Å². The van der Waals surface area contributed by atoms with E-state index in [0.717, 1.165) is 87.0 Å². The van der Waals surface area contributed by atoms with Gasteiger partial charge in [-0.25, -0.2) is 4.31 Å². The predicted octanol–water partition coefficient (Wildman–Crippen LogP) is 4.09. The molecule has 5 unspecified atom stereocenters. The lowest BCUT2D eigenvalue weighted by Crippen LogP contribution is -2.72. The molecule has 13 nitrogen and oxygen atoms in total. The maximum Gasteiger partial charge on any atom is 0.0347 e. The Balaban J connectivity index is 0.000000178. The van der Waals surface area contributed by atoms with E-state index in [9.17, 15) is 4.21 Å². The lowest BCUT2D eigenvalue weighted by atomic mass is 9.74. The van der Waals surface area contributed by atoms with Crippen LogP contribution >= 0.6 is 0 Å². The fourth-order valence-electron chi connectivity index (χ4n) is 10.9. The highest BCUT2D eigenvalue weighted by Gasteiger charge is 2.53. The van der Waals surface area contributed by atoms with E-state index < -0.39 is 9.71 Å². The van der Waals surface area contributed by atoms with E-state index >= 15 is 0 Å². The van der Waals surface area contributed by atoms with Gasteiger partial charge in [0.25, 0.3) is 0 Å². The lowest BCUT2D eigenvalue weighted by molar-refractivity contribution is -0.0569. The molecule has 1 spiro atoms. The molecule has 0 aromatic carbocycles. The van der Waals surface area contributed by atoms with Crippen molar-refractivity contribution in [1.82, 2.24) is 54.1 Å². The molecule has 68 heavy (non-hydrogen) atoms. The van der Waals surface area contributed by atoms with Gasteiger partial charge in [0.15, 0.2) is 0 Å². The van der Waals surface area contributed by atoms with Gasteiger partial charge in [-0.15, -0.1) is 0 Å². The Labute approximate surface area is 421 Å². The zero-order valence-electron chi connectivity index (χ0n) is 47.2. The first-order valence-corrected chi connectivity index (χ1v) is 29.4. The van der Waals surface area contributed by atoms with Crippen molar-refractivity contribution in [1.29, 1.82) is 0 Å². The Morgan fingerprint density at radius 3 is 1.43 bits per heavy atom. The summed E-state index contributed by atoms with van der Waals surface area (Å²) in [5.41, 5.74) is 7.81. The maximum atomic E-state index is 12.1. The number of hydrogen-bond donors (Lipinski definition) is 3. The molecule has 8 saturated heterocycles. The highest BCUT2D eigenvalue weighted by atomic mass is 32.2. The molecule has 0 aromatic rings. The summed E-state index contributed by atoms with van der Waals surface area (Å²) in [7, 11) is 4.46. The van der Waals surface area contributed by atoms with E-state index in [0.29, 0.717) is 17.4 Å². The molecule has 4 N–H and O–H groups in total. The molecule has 8 heterocycles. The van der Waals surface area contributed by atoms with Crippen molar-refractivity contribution >= 4 is 15.6 Å². The van der Waals surface area contributed by atoms with Crippen molar-refractivity contribution in [2.75, 3.05) is 172 Å². The van der Waals surface area contributed by atoms with Crippen molar-refractivity contribution in [2.24, 2.45) is 46.7 Å². The van der Waals surface area contributed by atoms with Crippen LogP contribution in [0.2, 0.25) is 0 Å². The molecule has 1 aliphatic carbocycles. The van der Waals surface area contributed by atoms with E-state index in [-0.39, 0.29) is 5.25 Å². The van der Waals surface area contributed by atoms with E-state index in [2.05, 4.69) is 153 Å². The van der Waals surface area contributed by atoms with Gasteiger partial charge in [-0.1, -0.05) is 48.1 Å². The molecule has 9 fully saturated rings. The Kier molecular flexibility index (Phi) is 24.5. The molecule has 2 bridgehead atoms. The summed E-state index contributed by atoms with van der Waals surface area (Å²) in [5, 5.41) is 7.01. The molecule has 400 valence electrons. The van der Waals surface area contributed by atoms with Crippen molar-refractivity contribution in [2.45, 2.75) is 119 Å². The van der Waals surface area contributed by atoms with Crippen LogP contribution in [-0.2, 0) is 9.71 Å². The minimum Gasteiger partial charge on any atom is -0.373 e. The molecular weight excluding hydrogens is 865 g/mol. The Hall–Kier alpha value is -0.880. The highest BCUT2D eigenvalue weighted by molar-refractivity contribution is 7.98. The van der Waals surface area contributed by atoms with Crippen molar-refractivity contribution in [3.05, 3.63) is 12.3 Å². The van der Waals surface area contributed by atoms with E-state index in [1.165, 1.54) is 123 Å². The molecule has 14 heteroatoms. The number of hydrogen-bond acceptors (Lipinski definition) is 12. The largest absolute Gasteiger partial charge is 0.373 e. The molecule has 1 saturated carbocycles. The van der Waals surface area contributed by atoms with Gasteiger partial charge in [-0.3, -0.25) is 9.11 Å². The zero-order chi connectivity index (χ0) is 50.5. The summed E-state index contributed by atoms with van der Waals surface area (Å²) in [6.07, 6.45) is 1.47. The molecule has 0 amide bonds. The first kappa shape index (κ1) is 59.7. The summed E-state index contributed by atoms with van der Waals surface area (Å²) in [6.45, 7) is 58.3. The van der Waals surface area contributed by atoms with E-state index in [1.54, 1.807) is 0 Å². The second-order valence-corrected chi connectivity index (χ2v) is 27.5. The number of allylic oxidation sites excluding steroid dienone is 1. The smallest absolute Gasteiger partial charge is 0.0347 e. The van der Waals surface area contributed by atoms with E-state index in [4.69, 9.17) is 5.73 Å². The molecule has 9 rings (SSSR count). The number of nitrogens with one attached hydrogen (secondary N) is 2. The number of fused-ring (bicyclic) bond motifs is 3. The van der Waals surface area contributed by atoms with Gasteiger partial charge in [0, 0.05) is 188 Å². The standard InChI is InChI=1S/2C10H20N2.C9H20N2OS.C9H20N2.2C8H16N2/c1-8(2)12-6-9-3-10(7-12)5-11-4-9;1-9(2)10(3)12-7-5-11(4)6-8-12;1-9(2)13(4,12)11-7-5-10(3)6-8-11;1-9(2)8-11-6-4-10(3)5-7-11;1-7(2)10-5-8(6-10)3-9-4-8;1-5(2)10-3-6-7(4-10)8(6)9/h8-11H,3-7H2,1-2H3;9H,3,5-8H2,1-2,4H3;9H,4-8H2,1-3H3;9H,4-8H2,1-3H3;7,9H,3-6H2,1-2H3;5-8H,3-4,9H2,1-2H3. The number of likely N-dealkylation sites (N-methyl/N-ethyl adjacent to an activating group) is 3. The molecule has 8 aliphatic heterocycles. The SMILES string of the molecule is C=C(C(C)C)N1CCN(C)CC1.C=S(=O)(C(C)C)N1CCN(C)CC1.CC(C)CN1CCN(C)CC1.CC(C)N1CC2(CNC2)C1.CC(C)N1CC2C(N)C2C1.CC(C)N1CC2CNCC(C2)C1. The Bertz CT molecular complexity index is 1500. The first-order chi connectivity index (χ1) is 31.9. The summed E-state index contributed by atoms with van der Waals surface area (Å²) >= 11 is 0. The summed E-state index contributed by atoms with van der Waals surface area (Å²) in [5.74, 6) is 8.82. The van der Waals surface area contributed by atoms with Crippen LogP contribution in [-0.4, -0.2) is 255 Å². The van der Waals surface area contributed by atoms with Gasteiger partial charge in [0.2, 0.25) is 0 Å². The summed E-state index contributed by atoms with van der Waals surface area (Å²) < 4.78 is 14.2. The molecular formula is C54H112N12OS. The van der Waals surface area contributed by atoms with Crippen LogP contribution in [0.25, 0.3) is 0 Å². The number of piperidine rings is 3. The molecule has 5 atom stereocenters. The third-order valence-electron chi connectivity index (χ3n) is 16.5. The van der Waals surface area contributed by atoms with Gasteiger partial charge >= 0.3 is 0 Å². The number of likely N-dealkylation sites (tertiary alicyclic amines) is 3. The third-order valence-corrected chi connectivity index (χ3v) is 19.2. The van der Waals surface area contributed by atoms with Gasteiger partial charge in [0.05, 0.1) is 0 Å². The molecule has 9 aliphatic rings. The monoisotopic (exact) mass is 977 g/mol. The highest BCUT2D eigenvalue weighted by Crippen LogP contribution is 2.44. The quantitative estimate of drug-likeness (QED) is 0.291.